The van der Waals surface area contributed by atoms with Gasteiger partial charge in [-0.15, -0.1) is 0 Å². The summed E-state index contributed by atoms with van der Waals surface area (Å²) in [4.78, 5) is 17.3. The Hall–Kier alpha value is -2.38. The molecule has 0 spiro atoms. The number of piperidine rings is 1. The first-order valence-corrected chi connectivity index (χ1v) is 12.1. The van der Waals surface area contributed by atoms with Crippen molar-refractivity contribution >= 4 is 21.6 Å². The molecule has 0 radical (unpaired) electrons. The number of carbonyl (C=O) groups excluding carboxylic acids is 1. The molecule has 0 saturated carbocycles. The van der Waals surface area contributed by atoms with Gasteiger partial charge in [-0.2, -0.15) is 4.31 Å². The molecule has 6 nitrogen and oxygen atoms in total. The predicted octanol–water partition coefficient (Wildman–Crippen LogP) is 3.21. The highest BCUT2D eigenvalue weighted by molar-refractivity contribution is 7.89. The lowest BCUT2D eigenvalue weighted by Crippen LogP contribution is -2.48. The molecule has 2 heterocycles. The standard InChI is InChI=1S/C23H29N3O3S/c1-19-7-5-6-14-26(19)30(28,29)22-12-10-20(11-13-22)23(27)25-17-15-24(16-18-25)21-8-3-2-4-9-21/h2-4,8-13,19H,5-7,14-18H2,1H3. The van der Waals surface area contributed by atoms with Crippen LogP contribution in [0, 0.1) is 0 Å². The van der Waals surface area contributed by atoms with Crippen molar-refractivity contribution in [3.05, 3.63) is 60.2 Å². The van der Waals surface area contributed by atoms with E-state index in [4.69, 9.17) is 0 Å². The first-order chi connectivity index (χ1) is 14.5. The molecule has 0 aliphatic carbocycles. The minimum atomic E-state index is -3.51. The Morgan fingerprint density at radius 2 is 1.53 bits per heavy atom. The third kappa shape index (κ3) is 4.23. The number of benzene rings is 2. The molecular formula is C23H29N3O3S. The lowest BCUT2D eigenvalue weighted by atomic mass is 10.1. The van der Waals surface area contributed by atoms with Crippen LogP contribution in [0.4, 0.5) is 5.69 Å². The van der Waals surface area contributed by atoms with Gasteiger partial charge in [-0.3, -0.25) is 4.79 Å². The molecular weight excluding hydrogens is 398 g/mol. The molecule has 2 fully saturated rings. The number of anilines is 1. The largest absolute Gasteiger partial charge is 0.368 e. The predicted molar refractivity (Wildman–Crippen MR) is 118 cm³/mol. The van der Waals surface area contributed by atoms with Crippen LogP contribution in [0.15, 0.2) is 59.5 Å². The van der Waals surface area contributed by atoms with E-state index in [9.17, 15) is 13.2 Å². The molecule has 2 aliphatic heterocycles. The number of nitrogens with zero attached hydrogens (tertiary/aromatic N) is 3. The molecule has 160 valence electrons. The molecule has 0 N–H and O–H groups in total. The maximum atomic E-state index is 13.0. The Bertz CT molecular complexity index is 969. The van der Waals surface area contributed by atoms with Gasteiger partial charge < -0.3 is 9.80 Å². The van der Waals surface area contributed by atoms with Crippen LogP contribution in [0.2, 0.25) is 0 Å². The zero-order valence-corrected chi connectivity index (χ0v) is 18.2. The Morgan fingerprint density at radius 3 is 2.17 bits per heavy atom. The highest BCUT2D eigenvalue weighted by Gasteiger charge is 2.31. The van der Waals surface area contributed by atoms with Crippen molar-refractivity contribution in [1.82, 2.24) is 9.21 Å². The summed E-state index contributed by atoms with van der Waals surface area (Å²) in [5, 5.41) is 0. The van der Waals surface area contributed by atoms with Crippen LogP contribution < -0.4 is 4.90 Å². The van der Waals surface area contributed by atoms with Crippen LogP contribution in [0.25, 0.3) is 0 Å². The number of hydrogen-bond acceptors (Lipinski definition) is 4. The van der Waals surface area contributed by atoms with E-state index in [1.165, 1.54) is 5.69 Å². The third-order valence-electron chi connectivity index (χ3n) is 6.14. The summed E-state index contributed by atoms with van der Waals surface area (Å²) in [6.45, 7) is 5.40. The van der Waals surface area contributed by atoms with Gasteiger partial charge in [0.25, 0.3) is 5.91 Å². The molecule has 30 heavy (non-hydrogen) atoms. The van der Waals surface area contributed by atoms with Gasteiger partial charge in [0.05, 0.1) is 4.90 Å². The average molecular weight is 428 g/mol. The Labute approximate surface area is 179 Å². The average Bonchev–Trinajstić information content (AvgIpc) is 2.79. The summed E-state index contributed by atoms with van der Waals surface area (Å²) in [7, 11) is -3.51. The maximum absolute atomic E-state index is 13.0. The van der Waals surface area contributed by atoms with Gasteiger partial charge in [-0.1, -0.05) is 24.6 Å². The number of rotatable bonds is 4. The SMILES string of the molecule is CC1CCCCN1S(=O)(=O)c1ccc(C(=O)N2CCN(c3ccccc3)CC2)cc1. The third-order valence-corrected chi connectivity index (χ3v) is 8.17. The van der Waals surface area contributed by atoms with Crippen molar-refractivity contribution in [2.45, 2.75) is 37.1 Å². The number of para-hydroxylation sites is 1. The Kier molecular flexibility index (Phi) is 6.11. The quantitative estimate of drug-likeness (QED) is 0.752. The number of amides is 1. The highest BCUT2D eigenvalue weighted by Crippen LogP contribution is 2.25. The van der Waals surface area contributed by atoms with Crippen molar-refractivity contribution in [2.24, 2.45) is 0 Å². The van der Waals surface area contributed by atoms with E-state index in [0.29, 0.717) is 25.2 Å². The summed E-state index contributed by atoms with van der Waals surface area (Å²) in [5.41, 5.74) is 1.71. The number of hydrogen-bond donors (Lipinski definition) is 0. The zero-order valence-electron chi connectivity index (χ0n) is 17.4. The second kappa shape index (κ2) is 8.78. The lowest BCUT2D eigenvalue weighted by Gasteiger charge is -2.36. The summed E-state index contributed by atoms with van der Waals surface area (Å²) >= 11 is 0. The van der Waals surface area contributed by atoms with Crippen LogP contribution in [0.1, 0.15) is 36.5 Å². The normalized spacial score (nSPS) is 20.9. The molecule has 2 saturated heterocycles. The first kappa shape index (κ1) is 20.9. The van der Waals surface area contributed by atoms with Crippen molar-refractivity contribution < 1.29 is 13.2 Å². The monoisotopic (exact) mass is 427 g/mol. The Morgan fingerprint density at radius 1 is 0.867 bits per heavy atom. The van der Waals surface area contributed by atoms with E-state index in [0.717, 1.165) is 32.4 Å². The Balaban J connectivity index is 1.41. The fourth-order valence-electron chi connectivity index (χ4n) is 4.32. The van der Waals surface area contributed by atoms with Crippen molar-refractivity contribution in [3.63, 3.8) is 0 Å². The van der Waals surface area contributed by atoms with Gasteiger partial charge in [-0.25, -0.2) is 8.42 Å². The second-order valence-corrected chi connectivity index (χ2v) is 9.99. The molecule has 1 unspecified atom stereocenters. The van der Waals surface area contributed by atoms with E-state index < -0.39 is 10.0 Å². The molecule has 2 aromatic rings. The van der Waals surface area contributed by atoms with Crippen LogP contribution in [0.5, 0.6) is 0 Å². The topological polar surface area (TPSA) is 60.9 Å². The van der Waals surface area contributed by atoms with E-state index in [-0.39, 0.29) is 16.8 Å². The van der Waals surface area contributed by atoms with Crippen LogP contribution in [-0.4, -0.2) is 62.3 Å². The number of sulfonamides is 1. The summed E-state index contributed by atoms with van der Waals surface area (Å²) < 4.78 is 27.5. The molecule has 7 heteroatoms. The highest BCUT2D eigenvalue weighted by atomic mass is 32.2. The zero-order chi connectivity index (χ0) is 21.1. The van der Waals surface area contributed by atoms with Gasteiger partial charge in [0.1, 0.15) is 0 Å². The molecule has 2 aliphatic rings. The van der Waals surface area contributed by atoms with Gasteiger partial charge >= 0.3 is 0 Å². The van der Waals surface area contributed by atoms with Gasteiger partial charge in [-0.05, 0) is 56.2 Å². The van der Waals surface area contributed by atoms with Crippen molar-refractivity contribution in [3.8, 4) is 0 Å². The van der Waals surface area contributed by atoms with Crippen LogP contribution in [0.3, 0.4) is 0 Å². The number of carbonyl (C=O) groups is 1. The van der Waals surface area contributed by atoms with Gasteiger partial charge in [0.15, 0.2) is 0 Å². The first-order valence-electron chi connectivity index (χ1n) is 10.7. The molecule has 1 atom stereocenters. The molecule has 1 amide bonds. The summed E-state index contributed by atoms with van der Waals surface area (Å²) in [5.74, 6) is -0.0435. The summed E-state index contributed by atoms with van der Waals surface area (Å²) in [6.07, 6.45) is 2.86. The molecule has 4 rings (SSSR count). The van der Waals surface area contributed by atoms with Crippen molar-refractivity contribution in [1.29, 1.82) is 0 Å². The lowest BCUT2D eigenvalue weighted by molar-refractivity contribution is 0.0746. The number of piperazine rings is 1. The fraction of sp³-hybridized carbons (Fsp3) is 0.435. The van der Waals surface area contributed by atoms with Crippen LogP contribution in [-0.2, 0) is 10.0 Å². The summed E-state index contributed by atoms with van der Waals surface area (Å²) in [6, 6.07) is 16.7. The van der Waals surface area contributed by atoms with Gasteiger partial charge in [0, 0.05) is 50.0 Å². The molecule has 0 bridgehead atoms. The minimum Gasteiger partial charge on any atom is -0.368 e. The van der Waals surface area contributed by atoms with E-state index in [1.54, 1.807) is 28.6 Å². The van der Waals surface area contributed by atoms with E-state index in [1.807, 2.05) is 30.0 Å². The van der Waals surface area contributed by atoms with E-state index in [2.05, 4.69) is 17.0 Å². The smallest absolute Gasteiger partial charge is 0.253 e. The minimum absolute atomic E-state index is 0.0194. The van der Waals surface area contributed by atoms with Gasteiger partial charge in [0.2, 0.25) is 10.0 Å². The maximum Gasteiger partial charge on any atom is 0.253 e. The van der Waals surface area contributed by atoms with Crippen molar-refractivity contribution in [2.75, 3.05) is 37.6 Å². The molecule has 2 aromatic carbocycles. The van der Waals surface area contributed by atoms with Crippen LogP contribution >= 0.6 is 0 Å². The van der Waals surface area contributed by atoms with E-state index >= 15 is 0 Å². The fourth-order valence-corrected chi connectivity index (χ4v) is 6.02. The second-order valence-electron chi connectivity index (χ2n) is 8.10. The molecule has 0 aromatic heterocycles.